The molecule has 0 bridgehead atoms. The summed E-state index contributed by atoms with van der Waals surface area (Å²) in [6.07, 6.45) is 1.13. The highest BCUT2D eigenvalue weighted by molar-refractivity contribution is 5.79. The highest BCUT2D eigenvalue weighted by Crippen LogP contribution is 2.05. The minimum Gasteiger partial charge on any atom is -0.356 e. The molecule has 1 heterocycles. The van der Waals surface area contributed by atoms with Crippen LogP contribution in [0.15, 0.2) is 4.99 Å². The van der Waals surface area contributed by atoms with Crippen molar-refractivity contribution in [3.8, 4) is 0 Å². The van der Waals surface area contributed by atoms with Crippen molar-refractivity contribution in [2.45, 2.75) is 53.1 Å². The van der Waals surface area contributed by atoms with Crippen molar-refractivity contribution in [3.05, 3.63) is 0 Å². The summed E-state index contributed by atoms with van der Waals surface area (Å²) in [5.74, 6) is 0.924. The van der Waals surface area contributed by atoms with E-state index in [2.05, 4.69) is 64.9 Å². The zero-order valence-electron chi connectivity index (χ0n) is 17.5. The number of guanidine groups is 1. The predicted molar refractivity (Wildman–Crippen MR) is 110 cm³/mol. The Balaban J connectivity index is 2.14. The SMILES string of the molecule is CCN1CCN(CCNC(=NC)NCCCN(C(C)C)C(C)C)CC1. The molecular weight excluding hydrogens is 312 g/mol. The average Bonchev–Trinajstić information content (AvgIpc) is 2.59. The second-order valence-electron chi connectivity index (χ2n) is 7.48. The smallest absolute Gasteiger partial charge is 0.191 e. The van der Waals surface area contributed by atoms with Crippen molar-refractivity contribution in [2.75, 3.05) is 66.0 Å². The van der Waals surface area contributed by atoms with Gasteiger partial charge in [0.05, 0.1) is 0 Å². The number of hydrogen-bond donors (Lipinski definition) is 2. The molecule has 6 nitrogen and oxygen atoms in total. The Kier molecular flexibility index (Phi) is 11.1. The molecule has 0 unspecified atom stereocenters. The van der Waals surface area contributed by atoms with Crippen molar-refractivity contribution < 1.29 is 0 Å². The van der Waals surface area contributed by atoms with Crippen LogP contribution in [0.2, 0.25) is 0 Å². The summed E-state index contributed by atoms with van der Waals surface area (Å²) < 4.78 is 0. The molecule has 1 saturated heterocycles. The Labute approximate surface area is 156 Å². The van der Waals surface area contributed by atoms with Gasteiger partial charge in [0.25, 0.3) is 0 Å². The van der Waals surface area contributed by atoms with Crippen LogP contribution in [0.3, 0.4) is 0 Å². The van der Waals surface area contributed by atoms with Crippen molar-refractivity contribution in [1.29, 1.82) is 0 Å². The third-order valence-corrected chi connectivity index (χ3v) is 5.07. The fourth-order valence-electron chi connectivity index (χ4n) is 3.46. The highest BCUT2D eigenvalue weighted by atomic mass is 15.3. The maximum Gasteiger partial charge on any atom is 0.191 e. The van der Waals surface area contributed by atoms with E-state index < -0.39 is 0 Å². The van der Waals surface area contributed by atoms with E-state index >= 15 is 0 Å². The van der Waals surface area contributed by atoms with Crippen LogP contribution in [-0.4, -0.2) is 98.7 Å². The molecule has 0 aromatic carbocycles. The molecule has 0 aromatic heterocycles. The summed E-state index contributed by atoms with van der Waals surface area (Å²) in [4.78, 5) is 11.9. The molecule has 25 heavy (non-hydrogen) atoms. The molecule has 6 heteroatoms. The minimum absolute atomic E-state index is 0.602. The molecule has 0 aromatic rings. The molecule has 0 saturated carbocycles. The first-order valence-electron chi connectivity index (χ1n) is 10.1. The molecule has 2 N–H and O–H groups in total. The van der Waals surface area contributed by atoms with Crippen LogP contribution in [0, 0.1) is 0 Å². The second kappa shape index (κ2) is 12.5. The van der Waals surface area contributed by atoms with Crippen LogP contribution in [0.5, 0.6) is 0 Å². The maximum absolute atomic E-state index is 4.34. The number of nitrogens with zero attached hydrogens (tertiary/aromatic N) is 4. The third kappa shape index (κ3) is 8.88. The predicted octanol–water partition coefficient (Wildman–Crippen LogP) is 1.30. The summed E-state index contributed by atoms with van der Waals surface area (Å²) in [6.45, 7) is 21.4. The average molecular weight is 355 g/mol. The Morgan fingerprint density at radius 2 is 1.52 bits per heavy atom. The number of likely N-dealkylation sites (N-methyl/N-ethyl adjacent to an activating group) is 1. The number of hydrogen-bond acceptors (Lipinski definition) is 4. The van der Waals surface area contributed by atoms with Gasteiger partial charge in [0.2, 0.25) is 0 Å². The second-order valence-corrected chi connectivity index (χ2v) is 7.48. The van der Waals surface area contributed by atoms with Gasteiger partial charge in [-0.15, -0.1) is 0 Å². The first-order chi connectivity index (χ1) is 12.0. The van der Waals surface area contributed by atoms with Gasteiger partial charge < -0.3 is 15.5 Å². The van der Waals surface area contributed by atoms with E-state index in [1.165, 1.54) is 32.7 Å². The van der Waals surface area contributed by atoms with E-state index in [4.69, 9.17) is 0 Å². The fraction of sp³-hybridized carbons (Fsp3) is 0.947. The monoisotopic (exact) mass is 354 g/mol. The molecule has 0 radical (unpaired) electrons. The summed E-state index contributed by atoms with van der Waals surface area (Å²) in [7, 11) is 1.85. The molecule has 1 aliphatic heterocycles. The number of nitrogens with one attached hydrogen (secondary N) is 2. The number of aliphatic imine (C=N–C) groups is 1. The molecule has 0 spiro atoms. The van der Waals surface area contributed by atoms with Crippen LogP contribution >= 0.6 is 0 Å². The third-order valence-electron chi connectivity index (χ3n) is 5.07. The molecule has 1 fully saturated rings. The lowest BCUT2D eigenvalue weighted by atomic mass is 10.2. The lowest BCUT2D eigenvalue weighted by Crippen LogP contribution is -2.49. The highest BCUT2D eigenvalue weighted by Gasteiger charge is 2.15. The lowest BCUT2D eigenvalue weighted by Gasteiger charge is -2.34. The zero-order chi connectivity index (χ0) is 18.7. The van der Waals surface area contributed by atoms with Gasteiger partial charge in [-0.2, -0.15) is 0 Å². The van der Waals surface area contributed by atoms with Crippen LogP contribution in [0.4, 0.5) is 0 Å². The summed E-state index contributed by atoms with van der Waals surface area (Å²) in [5.41, 5.74) is 0. The molecule has 0 atom stereocenters. The van der Waals surface area contributed by atoms with E-state index in [0.717, 1.165) is 38.6 Å². The first kappa shape index (κ1) is 22.2. The lowest BCUT2D eigenvalue weighted by molar-refractivity contribution is 0.139. The molecule has 1 rings (SSSR count). The van der Waals surface area contributed by atoms with Gasteiger partial charge in [-0.1, -0.05) is 6.92 Å². The van der Waals surface area contributed by atoms with Crippen LogP contribution < -0.4 is 10.6 Å². The zero-order valence-corrected chi connectivity index (χ0v) is 17.5. The van der Waals surface area contributed by atoms with Gasteiger partial charge in [0.15, 0.2) is 5.96 Å². The van der Waals surface area contributed by atoms with Gasteiger partial charge in [0.1, 0.15) is 0 Å². The van der Waals surface area contributed by atoms with E-state index in [0.29, 0.717) is 12.1 Å². The standard InChI is InChI=1S/C19H42N6/c1-7-23-13-15-24(16-14-23)12-10-22-19(20-6)21-9-8-11-25(17(2)3)18(4)5/h17-18H,7-16H2,1-6H3,(H2,20,21,22). The summed E-state index contributed by atoms with van der Waals surface area (Å²) in [6, 6.07) is 1.20. The van der Waals surface area contributed by atoms with Gasteiger partial charge in [0, 0.05) is 71.5 Å². The molecule has 148 valence electrons. The summed E-state index contributed by atoms with van der Waals surface area (Å²) in [5, 5.41) is 6.89. The van der Waals surface area contributed by atoms with Gasteiger partial charge in [-0.25, -0.2) is 0 Å². The van der Waals surface area contributed by atoms with E-state index in [-0.39, 0.29) is 0 Å². The van der Waals surface area contributed by atoms with E-state index in [1.807, 2.05) is 7.05 Å². The Hall–Kier alpha value is -0.850. The molecule has 1 aliphatic rings. The van der Waals surface area contributed by atoms with E-state index in [9.17, 15) is 0 Å². The maximum atomic E-state index is 4.34. The van der Waals surface area contributed by atoms with Gasteiger partial charge in [-0.05, 0) is 40.7 Å². The quantitative estimate of drug-likeness (QED) is 0.352. The summed E-state index contributed by atoms with van der Waals surface area (Å²) >= 11 is 0. The van der Waals surface area contributed by atoms with Gasteiger partial charge >= 0.3 is 0 Å². The molecule has 0 aliphatic carbocycles. The van der Waals surface area contributed by atoms with Crippen LogP contribution in [0.1, 0.15) is 41.0 Å². The van der Waals surface area contributed by atoms with Crippen LogP contribution in [-0.2, 0) is 0 Å². The van der Waals surface area contributed by atoms with E-state index in [1.54, 1.807) is 0 Å². The van der Waals surface area contributed by atoms with Crippen LogP contribution in [0.25, 0.3) is 0 Å². The van der Waals surface area contributed by atoms with Gasteiger partial charge in [-0.3, -0.25) is 14.8 Å². The van der Waals surface area contributed by atoms with Crippen molar-refractivity contribution in [1.82, 2.24) is 25.3 Å². The van der Waals surface area contributed by atoms with Crippen molar-refractivity contribution in [3.63, 3.8) is 0 Å². The first-order valence-corrected chi connectivity index (χ1v) is 10.1. The number of piperazine rings is 1. The minimum atomic E-state index is 0.602. The van der Waals surface area contributed by atoms with Crippen molar-refractivity contribution in [2.24, 2.45) is 4.99 Å². The largest absolute Gasteiger partial charge is 0.356 e. The normalized spacial score (nSPS) is 17.7. The fourth-order valence-corrected chi connectivity index (χ4v) is 3.46. The number of rotatable bonds is 10. The molecular formula is C19H42N6. The van der Waals surface area contributed by atoms with Crippen molar-refractivity contribution >= 4 is 5.96 Å². The Morgan fingerprint density at radius 1 is 0.960 bits per heavy atom. The Morgan fingerprint density at radius 3 is 2.04 bits per heavy atom. The Bertz CT molecular complexity index is 353. The topological polar surface area (TPSA) is 46.1 Å². The molecule has 0 amide bonds.